The van der Waals surface area contributed by atoms with E-state index in [4.69, 9.17) is 10.5 Å². The van der Waals surface area contributed by atoms with Gasteiger partial charge in [-0.2, -0.15) is 0 Å². The second-order valence-electron chi connectivity index (χ2n) is 5.14. The zero-order valence-electron chi connectivity index (χ0n) is 12.8. The van der Waals surface area contributed by atoms with Gasteiger partial charge in [0.2, 0.25) is 0 Å². The number of carbonyl (C=O) groups excluding carboxylic acids is 1. The zero-order valence-corrected chi connectivity index (χ0v) is 13.6. The molecule has 3 N–H and O–H groups in total. The molecule has 1 atom stereocenters. The van der Waals surface area contributed by atoms with E-state index in [-0.39, 0.29) is 11.9 Å². The largest absolute Gasteiger partial charge is 0.397 e. The molecule has 21 heavy (non-hydrogen) atoms. The average molecular weight is 307 g/mol. The van der Waals surface area contributed by atoms with Gasteiger partial charge in [-0.05, 0) is 39.3 Å². The maximum Gasteiger partial charge on any atom is 0.263 e. The van der Waals surface area contributed by atoms with Crippen LogP contribution in [-0.2, 0) is 4.74 Å². The van der Waals surface area contributed by atoms with Crippen molar-refractivity contribution in [3.05, 3.63) is 22.2 Å². The summed E-state index contributed by atoms with van der Waals surface area (Å²) in [7, 11) is 0. The van der Waals surface area contributed by atoms with Crippen molar-refractivity contribution in [3.63, 3.8) is 0 Å². The molecule has 1 unspecified atom stereocenters. The predicted octanol–water partition coefficient (Wildman–Crippen LogP) is 2.65. The number of nitrogen functional groups attached to an aromatic ring is 1. The highest BCUT2D eigenvalue weighted by Crippen LogP contribution is 2.34. The second-order valence-corrected chi connectivity index (χ2v) is 6.14. The number of aryl methyl sites for hydroxylation is 2. The Balaban J connectivity index is 2.28. The molecular weight excluding hydrogens is 286 g/mol. The molecule has 5 nitrogen and oxygen atoms in total. The first-order valence-electron chi connectivity index (χ1n) is 6.98. The van der Waals surface area contributed by atoms with Gasteiger partial charge >= 0.3 is 0 Å². The Bertz CT molecular complexity index is 666. The molecule has 0 spiro atoms. The van der Waals surface area contributed by atoms with Gasteiger partial charge in [-0.15, -0.1) is 11.3 Å². The van der Waals surface area contributed by atoms with Gasteiger partial charge in [0.05, 0.1) is 12.3 Å². The first-order valence-corrected chi connectivity index (χ1v) is 7.80. The number of nitrogens with zero attached hydrogens (tertiary/aromatic N) is 1. The van der Waals surface area contributed by atoms with Crippen LogP contribution in [0.4, 0.5) is 5.69 Å². The van der Waals surface area contributed by atoms with E-state index in [1.54, 1.807) is 0 Å². The first-order chi connectivity index (χ1) is 9.93. The third-order valence-electron chi connectivity index (χ3n) is 3.18. The molecule has 0 aromatic carbocycles. The standard InChI is InChI=1S/C15H21N3O2S/c1-5-20-7-10(4)17-14(19)13-12(16)11-8(2)6-9(3)18-15(11)21-13/h6,10H,5,7,16H2,1-4H3,(H,17,19). The number of ether oxygens (including phenoxy) is 1. The number of amides is 1. The van der Waals surface area contributed by atoms with Crippen molar-refractivity contribution < 1.29 is 9.53 Å². The van der Waals surface area contributed by atoms with E-state index in [0.717, 1.165) is 21.5 Å². The smallest absolute Gasteiger partial charge is 0.263 e. The maximum absolute atomic E-state index is 12.3. The van der Waals surface area contributed by atoms with Crippen molar-refractivity contribution in [2.45, 2.75) is 33.7 Å². The number of fused-ring (bicyclic) bond motifs is 1. The van der Waals surface area contributed by atoms with E-state index >= 15 is 0 Å². The number of nitrogens with one attached hydrogen (secondary N) is 1. The van der Waals surface area contributed by atoms with E-state index < -0.39 is 0 Å². The minimum Gasteiger partial charge on any atom is -0.397 e. The van der Waals surface area contributed by atoms with Gasteiger partial charge in [0.15, 0.2) is 0 Å². The topological polar surface area (TPSA) is 77.2 Å². The summed E-state index contributed by atoms with van der Waals surface area (Å²) < 4.78 is 5.30. The number of nitrogens with two attached hydrogens (primary N) is 1. The molecule has 0 saturated heterocycles. The van der Waals surface area contributed by atoms with Crippen LogP contribution in [-0.4, -0.2) is 30.1 Å². The lowest BCUT2D eigenvalue weighted by Gasteiger charge is -2.13. The van der Waals surface area contributed by atoms with Crippen molar-refractivity contribution in [2.24, 2.45) is 0 Å². The quantitative estimate of drug-likeness (QED) is 0.890. The molecule has 0 radical (unpaired) electrons. The number of anilines is 1. The van der Waals surface area contributed by atoms with E-state index in [1.165, 1.54) is 11.3 Å². The van der Waals surface area contributed by atoms with Gasteiger partial charge in [-0.3, -0.25) is 4.79 Å². The van der Waals surface area contributed by atoms with Crippen LogP contribution >= 0.6 is 11.3 Å². The number of aromatic nitrogens is 1. The summed E-state index contributed by atoms with van der Waals surface area (Å²) in [5.41, 5.74) is 8.64. The highest BCUT2D eigenvalue weighted by atomic mass is 32.1. The van der Waals surface area contributed by atoms with Crippen molar-refractivity contribution in [3.8, 4) is 0 Å². The molecule has 2 aromatic rings. The van der Waals surface area contributed by atoms with Gasteiger partial charge in [-0.1, -0.05) is 0 Å². The number of rotatable bonds is 5. The van der Waals surface area contributed by atoms with Crippen LogP contribution in [0.3, 0.4) is 0 Å². The number of hydrogen-bond acceptors (Lipinski definition) is 5. The fourth-order valence-corrected chi connectivity index (χ4v) is 3.38. The molecule has 0 aliphatic rings. The molecular formula is C15H21N3O2S. The Morgan fingerprint density at radius 3 is 2.90 bits per heavy atom. The lowest BCUT2D eigenvalue weighted by Crippen LogP contribution is -2.35. The molecule has 2 rings (SSSR count). The van der Waals surface area contributed by atoms with Crippen LogP contribution < -0.4 is 11.1 Å². The van der Waals surface area contributed by atoms with E-state index in [1.807, 2.05) is 33.8 Å². The van der Waals surface area contributed by atoms with Gasteiger partial charge in [-0.25, -0.2) is 4.98 Å². The number of pyridine rings is 1. The van der Waals surface area contributed by atoms with Crippen LogP contribution in [0.15, 0.2) is 6.07 Å². The Morgan fingerprint density at radius 2 is 2.24 bits per heavy atom. The molecule has 0 fully saturated rings. The molecule has 0 aliphatic heterocycles. The van der Waals surface area contributed by atoms with Gasteiger partial charge in [0.1, 0.15) is 9.71 Å². The Labute approximate surface area is 128 Å². The predicted molar refractivity (Wildman–Crippen MR) is 86.9 cm³/mol. The lowest BCUT2D eigenvalue weighted by atomic mass is 10.1. The van der Waals surface area contributed by atoms with E-state index in [2.05, 4.69) is 10.3 Å². The van der Waals surface area contributed by atoms with Crippen molar-refractivity contribution in [2.75, 3.05) is 18.9 Å². The third-order valence-corrected chi connectivity index (χ3v) is 4.28. The highest BCUT2D eigenvalue weighted by Gasteiger charge is 2.20. The summed E-state index contributed by atoms with van der Waals surface area (Å²) in [5.74, 6) is -0.167. The summed E-state index contributed by atoms with van der Waals surface area (Å²) >= 11 is 1.34. The summed E-state index contributed by atoms with van der Waals surface area (Å²) in [6.07, 6.45) is 0. The van der Waals surface area contributed by atoms with E-state index in [9.17, 15) is 4.79 Å². The van der Waals surface area contributed by atoms with Crippen LogP contribution in [0.2, 0.25) is 0 Å². The molecule has 0 bridgehead atoms. The van der Waals surface area contributed by atoms with Crippen LogP contribution in [0.25, 0.3) is 10.2 Å². The van der Waals surface area contributed by atoms with Crippen LogP contribution in [0.5, 0.6) is 0 Å². The molecule has 0 aliphatic carbocycles. The lowest BCUT2D eigenvalue weighted by molar-refractivity contribution is 0.0876. The number of thiophene rings is 1. The minimum absolute atomic E-state index is 0.0575. The average Bonchev–Trinajstić information content (AvgIpc) is 2.73. The van der Waals surface area contributed by atoms with Crippen LogP contribution in [0.1, 0.15) is 34.8 Å². The zero-order chi connectivity index (χ0) is 15.6. The fraction of sp³-hybridized carbons (Fsp3) is 0.467. The van der Waals surface area contributed by atoms with Crippen molar-refractivity contribution >= 4 is 33.1 Å². The monoisotopic (exact) mass is 307 g/mol. The summed E-state index contributed by atoms with van der Waals surface area (Å²) in [5, 5.41) is 3.79. The summed E-state index contributed by atoms with van der Waals surface area (Å²) in [6.45, 7) is 8.88. The molecule has 1 amide bonds. The minimum atomic E-state index is -0.167. The van der Waals surface area contributed by atoms with Gasteiger partial charge in [0, 0.05) is 23.7 Å². The third kappa shape index (κ3) is 3.33. The Kier molecular flexibility index (Phi) is 4.80. The molecule has 2 heterocycles. The van der Waals surface area contributed by atoms with Gasteiger partial charge in [0.25, 0.3) is 5.91 Å². The normalized spacial score (nSPS) is 12.6. The molecule has 2 aromatic heterocycles. The summed E-state index contributed by atoms with van der Waals surface area (Å²) in [4.78, 5) is 18.1. The van der Waals surface area contributed by atoms with Gasteiger partial charge < -0.3 is 15.8 Å². The Hall–Kier alpha value is -1.66. The second kappa shape index (κ2) is 6.41. The van der Waals surface area contributed by atoms with Crippen molar-refractivity contribution in [1.82, 2.24) is 10.3 Å². The van der Waals surface area contributed by atoms with Crippen LogP contribution in [0, 0.1) is 13.8 Å². The first kappa shape index (κ1) is 15.7. The fourth-order valence-electron chi connectivity index (χ4n) is 2.26. The summed E-state index contributed by atoms with van der Waals surface area (Å²) in [6, 6.07) is 1.92. The molecule has 6 heteroatoms. The molecule has 0 saturated carbocycles. The maximum atomic E-state index is 12.3. The number of carbonyl (C=O) groups is 1. The van der Waals surface area contributed by atoms with E-state index in [0.29, 0.717) is 23.8 Å². The highest BCUT2D eigenvalue weighted by molar-refractivity contribution is 7.21. The number of hydrogen-bond donors (Lipinski definition) is 2. The SMILES string of the molecule is CCOCC(C)NC(=O)c1sc2nc(C)cc(C)c2c1N. The Morgan fingerprint density at radius 1 is 1.52 bits per heavy atom. The van der Waals surface area contributed by atoms with Crippen molar-refractivity contribution in [1.29, 1.82) is 0 Å². The molecule has 114 valence electrons.